The Labute approximate surface area is 130 Å². The molecule has 2 N–H and O–H groups in total. The summed E-state index contributed by atoms with van der Waals surface area (Å²) in [5.74, 6) is -1.78. The van der Waals surface area contributed by atoms with Crippen LogP contribution in [0.5, 0.6) is 5.75 Å². The second kappa shape index (κ2) is 4.47. The van der Waals surface area contributed by atoms with E-state index in [1.807, 2.05) is 0 Å². The Morgan fingerprint density at radius 3 is 2.22 bits per heavy atom. The van der Waals surface area contributed by atoms with E-state index in [9.17, 15) is 19.8 Å². The number of aromatic hydroxyl groups is 1. The number of fused-ring (bicyclic) bond motifs is 2. The minimum atomic E-state index is -2.42. The molecule has 1 aromatic heterocycles. The SMILES string of the molecule is O=C1c2ccccc2C(=O)C1(O)c1cc2ncccc2cc1O. The van der Waals surface area contributed by atoms with Crippen molar-refractivity contribution in [3.63, 3.8) is 0 Å². The Morgan fingerprint density at radius 1 is 0.913 bits per heavy atom. The molecule has 3 aromatic rings. The molecular formula is C18H11NO4. The first-order valence-corrected chi connectivity index (χ1v) is 7.02. The summed E-state index contributed by atoms with van der Waals surface area (Å²) in [5, 5.41) is 21.8. The number of Topliss-reactive ketones (excluding diaryl/α,β-unsaturated/α-hetero) is 2. The van der Waals surface area contributed by atoms with E-state index >= 15 is 0 Å². The number of aromatic nitrogens is 1. The van der Waals surface area contributed by atoms with Crippen LogP contribution in [0.1, 0.15) is 26.3 Å². The summed E-state index contributed by atoms with van der Waals surface area (Å²) >= 11 is 0. The second-order valence-corrected chi connectivity index (χ2v) is 5.48. The van der Waals surface area contributed by atoms with Gasteiger partial charge in [0.15, 0.2) is 0 Å². The quantitative estimate of drug-likeness (QED) is 0.673. The van der Waals surface area contributed by atoms with Gasteiger partial charge in [0.2, 0.25) is 17.2 Å². The molecule has 0 amide bonds. The number of carbonyl (C=O) groups is 2. The summed E-state index contributed by atoms with van der Waals surface area (Å²) < 4.78 is 0. The van der Waals surface area contributed by atoms with E-state index in [1.165, 1.54) is 24.3 Å². The van der Waals surface area contributed by atoms with Crippen LogP contribution in [0.4, 0.5) is 0 Å². The molecule has 1 aliphatic rings. The molecule has 0 atom stereocenters. The van der Waals surface area contributed by atoms with Crippen LogP contribution in [0.3, 0.4) is 0 Å². The topological polar surface area (TPSA) is 87.5 Å². The molecule has 2 aromatic carbocycles. The van der Waals surface area contributed by atoms with Gasteiger partial charge in [0.1, 0.15) is 5.75 Å². The van der Waals surface area contributed by atoms with Gasteiger partial charge in [-0.25, -0.2) is 0 Å². The third-order valence-corrected chi connectivity index (χ3v) is 4.18. The summed E-state index contributed by atoms with van der Waals surface area (Å²) in [6.45, 7) is 0. The number of benzene rings is 2. The largest absolute Gasteiger partial charge is 0.508 e. The summed E-state index contributed by atoms with van der Waals surface area (Å²) in [7, 11) is 0. The monoisotopic (exact) mass is 305 g/mol. The number of carbonyl (C=O) groups excluding carboxylic acids is 2. The van der Waals surface area contributed by atoms with Gasteiger partial charge in [0.05, 0.1) is 5.52 Å². The van der Waals surface area contributed by atoms with Gasteiger partial charge in [-0.2, -0.15) is 0 Å². The van der Waals surface area contributed by atoms with Crippen LogP contribution < -0.4 is 0 Å². The highest BCUT2D eigenvalue weighted by molar-refractivity contribution is 6.32. The molecule has 0 fully saturated rings. The number of phenols is 1. The molecule has 5 nitrogen and oxygen atoms in total. The van der Waals surface area contributed by atoms with Crippen molar-refractivity contribution < 1.29 is 19.8 Å². The summed E-state index contributed by atoms with van der Waals surface area (Å²) in [5.41, 5.74) is -1.78. The molecule has 1 heterocycles. The van der Waals surface area contributed by atoms with Crippen molar-refractivity contribution in [3.8, 4) is 5.75 Å². The van der Waals surface area contributed by atoms with Crippen molar-refractivity contribution >= 4 is 22.5 Å². The Bertz CT molecular complexity index is 958. The summed E-state index contributed by atoms with van der Waals surface area (Å²) in [6, 6.07) is 12.4. The first-order chi connectivity index (χ1) is 11.0. The molecule has 0 saturated heterocycles. The smallest absolute Gasteiger partial charge is 0.220 e. The lowest BCUT2D eigenvalue weighted by Gasteiger charge is -2.21. The van der Waals surface area contributed by atoms with Crippen LogP contribution in [0.25, 0.3) is 10.9 Å². The van der Waals surface area contributed by atoms with E-state index in [4.69, 9.17) is 0 Å². The van der Waals surface area contributed by atoms with Crippen LogP contribution in [-0.2, 0) is 5.60 Å². The lowest BCUT2D eigenvalue weighted by Crippen LogP contribution is -2.38. The van der Waals surface area contributed by atoms with Crippen LogP contribution in [0, 0.1) is 0 Å². The van der Waals surface area contributed by atoms with Crippen molar-refractivity contribution in [2.24, 2.45) is 0 Å². The molecule has 0 unspecified atom stereocenters. The number of hydrogen-bond donors (Lipinski definition) is 2. The van der Waals surface area contributed by atoms with Gasteiger partial charge in [-0.3, -0.25) is 14.6 Å². The van der Waals surface area contributed by atoms with Gasteiger partial charge in [0.25, 0.3) is 0 Å². The van der Waals surface area contributed by atoms with Crippen LogP contribution in [-0.4, -0.2) is 26.8 Å². The highest BCUT2D eigenvalue weighted by Crippen LogP contribution is 2.42. The van der Waals surface area contributed by atoms with Crippen molar-refractivity contribution in [1.29, 1.82) is 0 Å². The first kappa shape index (κ1) is 13.6. The number of nitrogens with zero attached hydrogens (tertiary/aromatic N) is 1. The minimum absolute atomic E-state index is 0.144. The third kappa shape index (κ3) is 1.68. The number of pyridine rings is 1. The predicted molar refractivity (Wildman–Crippen MR) is 82.4 cm³/mol. The molecule has 1 aliphatic carbocycles. The van der Waals surface area contributed by atoms with Gasteiger partial charge in [0, 0.05) is 28.3 Å². The van der Waals surface area contributed by atoms with Gasteiger partial charge in [-0.15, -0.1) is 0 Å². The molecule has 0 aliphatic heterocycles. The Morgan fingerprint density at radius 2 is 1.57 bits per heavy atom. The van der Waals surface area contributed by atoms with Crippen molar-refractivity contribution in [3.05, 3.63) is 71.4 Å². The van der Waals surface area contributed by atoms with E-state index in [1.54, 1.807) is 30.5 Å². The average Bonchev–Trinajstić information content (AvgIpc) is 2.77. The van der Waals surface area contributed by atoms with Crippen molar-refractivity contribution in [2.45, 2.75) is 5.60 Å². The molecule has 0 radical (unpaired) electrons. The van der Waals surface area contributed by atoms with Gasteiger partial charge < -0.3 is 10.2 Å². The fraction of sp³-hybridized carbons (Fsp3) is 0.0556. The highest BCUT2D eigenvalue weighted by atomic mass is 16.3. The number of phenolic OH excluding ortho intramolecular Hbond substituents is 1. The van der Waals surface area contributed by atoms with E-state index < -0.39 is 17.2 Å². The molecule has 0 bridgehead atoms. The second-order valence-electron chi connectivity index (χ2n) is 5.48. The molecule has 0 saturated carbocycles. The van der Waals surface area contributed by atoms with E-state index in [0.29, 0.717) is 10.9 Å². The Hall–Kier alpha value is -3.05. The molecule has 5 heteroatoms. The normalized spacial score (nSPS) is 15.9. The number of rotatable bonds is 1. The number of ketones is 2. The maximum absolute atomic E-state index is 12.6. The lowest BCUT2D eigenvalue weighted by atomic mass is 9.87. The van der Waals surface area contributed by atoms with Gasteiger partial charge in [-0.05, 0) is 18.2 Å². The predicted octanol–water partition coefficient (Wildman–Crippen LogP) is 2.21. The third-order valence-electron chi connectivity index (χ3n) is 4.18. The highest BCUT2D eigenvalue weighted by Gasteiger charge is 2.54. The standard InChI is InChI=1S/C18H11NO4/c20-15-8-10-4-3-7-19-14(10)9-13(15)18(23)16(21)11-5-1-2-6-12(11)17(18)22/h1-9,20,23H. The maximum atomic E-state index is 12.6. The molecule has 0 spiro atoms. The molecule has 112 valence electrons. The minimum Gasteiger partial charge on any atom is -0.508 e. The maximum Gasteiger partial charge on any atom is 0.220 e. The zero-order chi connectivity index (χ0) is 16.2. The zero-order valence-corrected chi connectivity index (χ0v) is 11.9. The van der Waals surface area contributed by atoms with Crippen molar-refractivity contribution in [1.82, 2.24) is 4.98 Å². The van der Waals surface area contributed by atoms with E-state index in [-0.39, 0.29) is 22.4 Å². The first-order valence-electron chi connectivity index (χ1n) is 7.02. The lowest BCUT2D eigenvalue weighted by molar-refractivity contribution is 0.0313. The fourth-order valence-corrected chi connectivity index (χ4v) is 3.01. The summed E-state index contributed by atoms with van der Waals surface area (Å²) in [6.07, 6.45) is 1.56. The van der Waals surface area contributed by atoms with E-state index in [0.717, 1.165) is 0 Å². The number of hydrogen-bond acceptors (Lipinski definition) is 5. The van der Waals surface area contributed by atoms with Crippen LogP contribution in [0.2, 0.25) is 0 Å². The van der Waals surface area contributed by atoms with Crippen LogP contribution >= 0.6 is 0 Å². The van der Waals surface area contributed by atoms with Crippen molar-refractivity contribution in [2.75, 3.05) is 0 Å². The van der Waals surface area contributed by atoms with Gasteiger partial charge in [-0.1, -0.05) is 30.3 Å². The van der Waals surface area contributed by atoms with Crippen LogP contribution in [0.15, 0.2) is 54.7 Å². The Kier molecular flexibility index (Phi) is 2.64. The fourth-order valence-electron chi connectivity index (χ4n) is 3.01. The molecule has 23 heavy (non-hydrogen) atoms. The summed E-state index contributed by atoms with van der Waals surface area (Å²) in [4.78, 5) is 29.4. The average molecular weight is 305 g/mol. The van der Waals surface area contributed by atoms with Gasteiger partial charge >= 0.3 is 0 Å². The van der Waals surface area contributed by atoms with E-state index in [2.05, 4.69) is 4.98 Å². The zero-order valence-electron chi connectivity index (χ0n) is 11.9. The Balaban J connectivity index is 1.99. The molecule has 4 rings (SSSR count). The number of aliphatic hydroxyl groups is 1. The molecular weight excluding hydrogens is 294 g/mol.